The van der Waals surface area contributed by atoms with Gasteiger partial charge in [-0.25, -0.2) is 13.1 Å². The van der Waals surface area contributed by atoms with Gasteiger partial charge in [-0.15, -0.1) is 0 Å². The van der Waals surface area contributed by atoms with E-state index < -0.39 is 10.0 Å². The molecular formula is C8H14N2O3S. The lowest BCUT2D eigenvalue weighted by molar-refractivity contribution is 0.459. The molecule has 0 spiro atoms. The molecule has 3 N–H and O–H groups in total. The minimum absolute atomic E-state index is 0.0714. The van der Waals surface area contributed by atoms with E-state index >= 15 is 0 Å². The van der Waals surface area contributed by atoms with Crippen LogP contribution in [0, 0.1) is 0 Å². The van der Waals surface area contributed by atoms with Crippen LogP contribution in [-0.4, -0.2) is 20.7 Å². The Morgan fingerprint density at radius 3 is 2.86 bits per heavy atom. The van der Waals surface area contributed by atoms with Gasteiger partial charge in [-0.05, 0) is 19.1 Å². The SMILES string of the molecule is CC(NS(=O)(=O)CCN)c1ccco1. The maximum absolute atomic E-state index is 11.3. The molecule has 0 fully saturated rings. The third-order valence-electron chi connectivity index (χ3n) is 1.71. The first-order valence-electron chi connectivity index (χ1n) is 4.28. The lowest BCUT2D eigenvalue weighted by Gasteiger charge is -2.10. The van der Waals surface area contributed by atoms with Gasteiger partial charge in [-0.2, -0.15) is 0 Å². The molecule has 0 aliphatic carbocycles. The van der Waals surface area contributed by atoms with Gasteiger partial charge in [-0.3, -0.25) is 0 Å². The molecule has 0 amide bonds. The van der Waals surface area contributed by atoms with Gasteiger partial charge in [-0.1, -0.05) is 0 Å². The molecule has 80 valence electrons. The average Bonchev–Trinajstić information content (AvgIpc) is 2.53. The quantitative estimate of drug-likeness (QED) is 0.740. The van der Waals surface area contributed by atoms with E-state index in [2.05, 4.69) is 4.72 Å². The van der Waals surface area contributed by atoms with Gasteiger partial charge in [0.2, 0.25) is 10.0 Å². The summed E-state index contributed by atoms with van der Waals surface area (Å²) in [6.45, 7) is 1.83. The third-order valence-corrected chi connectivity index (χ3v) is 3.20. The Bertz CT molecular complexity index is 358. The van der Waals surface area contributed by atoms with Crippen molar-refractivity contribution in [2.45, 2.75) is 13.0 Å². The fourth-order valence-corrected chi connectivity index (χ4v) is 2.16. The molecule has 0 radical (unpaired) electrons. The van der Waals surface area contributed by atoms with Crippen molar-refractivity contribution in [2.75, 3.05) is 12.3 Å². The molecule has 1 aromatic heterocycles. The van der Waals surface area contributed by atoms with Gasteiger partial charge in [0.05, 0.1) is 18.1 Å². The Labute approximate surface area is 83.3 Å². The molecule has 6 heteroatoms. The molecule has 14 heavy (non-hydrogen) atoms. The molecule has 0 aliphatic rings. The molecule has 1 aromatic rings. The molecule has 1 heterocycles. The van der Waals surface area contributed by atoms with Gasteiger partial charge < -0.3 is 10.2 Å². The topological polar surface area (TPSA) is 85.3 Å². The summed E-state index contributed by atoms with van der Waals surface area (Å²) in [4.78, 5) is 0. The maximum Gasteiger partial charge on any atom is 0.213 e. The van der Waals surface area contributed by atoms with Gasteiger partial charge in [0, 0.05) is 6.54 Å². The number of nitrogens with one attached hydrogen (secondary N) is 1. The van der Waals surface area contributed by atoms with Crippen LogP contribution in [0.1, 0.15) is 18.7 Å². The van der Waals surface area contributed by atoms with Gasteiger partial charge >= 0.3 is 0 Å². The van der Waals surface area contributed by atoms with Crippen molar-refractivity contribution in [3.05, 3.63) is 24.2 Å². The predicted molar refractivity (Wildman–Crippen MR) is 53.1 cm³/mol. The normalized spacial score (nSPS) is 14.1. The zero-order chi connectivity index (χ0) is 10.6. The van der Waals surface area contributed by atoms with Crippen LogP contribution in [0.3, 0.4) is 0 Å². The average molecular weight is 218 g/mol. The van der Waals surface area contributed by atoms with Crippen molar-refractivity contribution in [3.8, 4) is 0 Å². The van der Waals surface area contributed by atoms with E-state index in [4.69, 9.17) is 10.2 Å². The monoisotopic (exact) mass is 218 g/mol. The van der Waals surface area contributed by atoms with Crippen molar-refractivity contribution in [2.24, 2.45) is 5.73 Å². The summed E-state index contributed by atoms with van der Waals surface area (Å²) in [6, 6.07) is 3.07. The Balaban J connectivity index is 2.61. The van der Waals surface area contributed by atoms with Crippen molar-refractivity contribution in [1.29, 1.82) is 0 Å². The van der Waals surface area contributed by atoms with Crippen LogP contribution in [0.15, 0.2) is 22.8 Å². The number of sulfonamides is 1. The van der Waals surface area contributed by atoms with Crippen LogP contribution in [-0.2, 0) is 10.0 Å². The van der Waals surface area contributed by atoms with Crippen molar-refractivity contribution < 1.29 is 12.8 Å². The highest BCUT2D eigenvalue weighted by Gasteiger charge is 2.16. The molecule has 0 bridgehead atoms. The highest BCUT2D eigenvalue weighted by atomic mass is 32.2. The van der Waals surface area contributed by atoms with E-state index in [9.17, 15) is 8.42 Å². The molecule has 0 saturated carbocycles. The van der Waals surface area contributed by atoms with Crippen LogP contribution < -0.4 is 10.5 Å². The van der Waals surface area contributed by atoms with Crippen molar-refractivity contribution in [1.82, 2.24) is 4.72 Å². The summed E-state index contributed by atoms with van der Waals surface area (Å²) in [6.07, 6.45) is 1.50. The van der Waals surface area contributed by atoms with Crippen LogP contribution in [0.5, 0.6) is 0 Å². The minimum Gasteiger partial charge on any atom is -0.468 e. The van der Waals surface area contributed by atoms with Crippen LogP contribution in [0.25, 0.3) is 0 Å². The number of nitrogens with two attached hydrogens (primary N) is 1. The Kier molecular flexibility index (Phi) is 3.68. The zero-order valence-electron chi connectivity index (χ0n) is 7.93. The Morgan fingerprint density at radius 2 is 2.36 bits per heavy atom. The Hall–Kier alpha value is -0.850. The lowest BCUT2D eigenvalue weighted by atomic mass is 10.3. The first-order chi connectivity index (χ1) is 6.55. The Morgan fingerprint density at radius 1 is 1.64 bits per heavy atom. The largest absolute Gasteiger partial charge is 0.468 e. The lowest BCUT2D eigenvalue weighted by Crippen LogP contribution is -2.31. The summed E-state index contributed by atoms with van der Waals surface area (Å²) in [5, 5.41) is 0. The standard InChI is InChI=1S/C8H14N2O3S/c1-7(8-3-2-5-13-8)10-14(11,12)6-4-9/h2-3,5,7,10H,4,6,9H2,1H3. The van der Waals surface area contributed by atoms with Crippen LogP contribution >= 0.6 is 0 Å². The summed E-state index contributed by atoms with van der Waals surface area (Å²) in [7, 11) is -3.29. The second-order valence-corrected chi connectivity index (χ2v) is 4.84. The van der Waals surface area contributed by atoms with E-state index in [0.29, 0.717) is 5.76 Å². The fourth-order valence-electron chi connectivity index (χ4n) is 1.08. The summed E-state index contributed by atoms with van der Waals surface area (Å²) < 4.78 is 30.1. The molecule has 0 aliphatic heterocycles. The third kappa shape index (κ3) is 3.13. The molecule has 5 nitrogen and oxygen atoms in total. The first kappa shape index (κ1) is 11.2. The van der Waals surface area contributed by atoms with E-state index in [-0.39, 0.29) is 18.3 Å². The van der Waals surface area contributed by atoms with E-state index in [1.165, 1.54) is 6.26 Å². The maximum atomic E-state index is 11.3. The summed E-state index contributed by atoms with van der Waals surface area (Å²) in [5.41, 5.74) is 5.17. The number of hydrogen-bond acceptors (Lipinski definition) is 4. The number of hydrogen-bond donors (Lipinski definition) is 2. The highest BCUT2D eigenvalue weighted by molar-refractivity contribution is 7.89. The molecule has 1 rings (SSSR count). The van der Waals surface area contributed by atoms with Crippen molar-refractivity contribution >= 4 is 10.0 Å². The second kappa shape index (κ2) is 4.59. The fraction of sp³-hybridized carbons (Fsp3) is 0.500. The first-order valence-corrected chi connectivity index (χ1v) is 5.94. The van der Waals surface area contributed by atoms with E-state index in [0.717, 1.165) is 0 Å². The summed E-state index contributed by atoms with van der Waals surface area (Å²) >= 11 is 0. The van der Waals surface area contributed by atoms with E-state index in [1.54, 1.807) is 19.1 Å². The van der Waals surface area contributed by atoms with E-state index in [1.807, 2.05) is 0 Å². The second-order valence-electron chi connectivity index (χ2n) is 2.96. The minimum atomic E-state index is -3.29. The molecule has 1 unspecified atom stereocenters. The summed E-state index contributed by atoms with van der Waals surface area (Å²) in [5.74, 6) is 0.517. The highest BCUT2D eigenvalue weighted by Crippen LogP contribution is 2.12. The number of rotatable bonds is 5. The smallest absolute Gasteiger partial charge is 0.213 e. The molecular weight excluding hydrogens is 204 g/mol. The molecule has 0 aromatic carbocycles. The zero-order valence-corrected chi connectivity index (χ0v) is 8.75. The molecule has 1 atom stereocenters. The van der Waals surface area contributed by atoms with Gasteiger partial charge in [0.15, 0.2) is 0 Å². The van der Waals surface area contributed by atoms with Crippen LogP contribution in [0.4, 0.5) is 0 Å². The number of furan rings is 1. The predicted octanol–water partition coefficient (Wildman–Crippen LogP) is 0.219. The van der Waals surface area contributed by atoms with Gasteiger partial charge in [0.25, 0.3) is 0 Å². The van der Waals surface area contributed by atoms with Crippen LogP contribution in [0.2, 0.25) is 0 Å². The van der Waals surface area contributed by atoms with Gasteiger partial charge in [0.1, 0.15) is 5.76 Å². The molecule has 0 saturated heterocycles. The van der Waals surface area contributed by atoms with Crippen molar-refractivity contribution in [3.63, 3.8) is 0 Å².